The van der Waals surface area contributed by atoms with Crippen molar-refractivity contribution in [2.45, 2.75) is 63.9 Å². The SMILES string of the molecule is CC(C)[C@H]1C(O)[C@@H](C(N)=O)C(=O)[C@]2(O)C(O)[C@H]3C(=O)c4c(O)cccc4[C@@H](Cc4ccc(C(=O)O)cc4)[C@]3(C)[C@@H](O)[C@]12C. The monoisotopic (exact) mass is 595 g/mol. The summed E-state index contributed by atoms with van der Waals surface area (Å²) in [6, 6.07) is 10.5. The van der Waals surface area contributed by atoms with E-state index in [9.17, 15) is 49.8 Å². The number of aromatic hydroxyl groups is 1. The number of carbonyl (C=O) groups is 4. The molecule has 3 aliphatic carbocycles. The van der Waals surface area contributed by atoms with Gasteiger partial charge in [-0.3, -0.25) is 14.4 Å². The first-order valence-corrected chi connectivity index (χ1v) is 14.3. The fraction of sp³-hybridized carbons (Fsp3) is 0.500. The zero-order valence-electron chi connectivity index (χ0n) is 24.3. The van der Waals surface area contributed by atoms with Crippen molar-refractivity contribution in [2.24, 2.45) is 40.2 Å². The number of carbonyl (C=O) groups excluding carboxylic acids is 3. The van der Waals surface area contributed by atoms with Gasteiger partial charge in [0.05, 0.1) is 29.3 Å². The summed E-state index contributed by atoms with van der Waals surface area (Å²) in [5, 5.41) is 68.5. The molecule has 10 atom stereocenters. The van der Waals surface area contributed by atoms with Crippen LogP contribution in [0.2, 0.25) is 0 Å². The van der Waals surface area contributed by atoms with Crippen LogP contribution in [0.15, 0.2) is 42.5 Å². The molecule has 2 fully saturated rings. The van der Waals surface area contributed by atoms with Gasteiger partial charge in [0.15, 0.2) is 17.2 Å². The molecule has 0 radical (unpaired) electrons. The van der Waals surface area contributed by atoms with Crippen LogP contribution >= 0.6 is 0 Å². The summed E-state index contributed by atoms with van der Waals surface area (Å²) in [5.74, 6) is -10.8. The van der Waals surface area contributed by atoms with Crippen molar-refractivity contribution in [3.63, 3.8) is 0 Å². The average Bonchev–Trinajstić information content (AvgIpc) is 2.92. The Bertz CT molecular complexity index is 1520. The van der Waals surface area contributed by atoms with Crippen molar-refractivity contribution >= 4 is 23.4 Å². The van der Waals surface area contributed by atoms with Crippen LogP contribution in [-0.2, 0) is 16.0 Å². The van der Waals surface area contributed by atoms with E-state index >= 15 is 0 Å². The van der Waals surface area contributed by atoms with Crippen LogP contribution in [0.5, 0.6) is 5.75 Å². The molecule has 11 nitrogen and oxygen atoms in total. The van der Waals surface area contributed by atoms with Crippen molar-refractivity contribution in [1.29, 1.82) is 0 Å². The van der Waals surface area contributed by atoms with Gasteiger partial charge in [-0.25, -0.2) is 4.79 Å². The van der Waals surface area contributed by atoms with E-state index in [2.05, 4.69) is 0 Å². The highest BCUT2D eigenvalue weighted by Gasteiger charge is 2.80. The molecule has 2 saturated carbocycles. The van der Waals surface area contributed by atoms with E-state index in [0.717, 1.165) is 0 Å². The number of primary amides is 1. The zero-order valence-corrected chi connectivity index (χ0v) is 24.3. The first-order valence-electron chi connectivity index (χ1n) is 14.3. The fourth-order valence-corrected chi connectivity index (χ4v) is 8.90. The minimum atomic E-state index is -2.88. The molecule has 230 valence electrons. The number of aliphatic hydroxyl groups excluding tert-OH is 3. The largest absolute Gasteiger partial charge is 0.507 e. The second-order valence-electron chi connectivity index (χ2n) is 13.1. The number of fused-ring (bicyclic) bond motifs is 3. The molecule has 11 heteroatoms. The van der Waals surface area contributed by atoms with Crippen molar-refractivity contribution in [3.8, 4) is 5.75 Å². The van der Waals surface area contributed by atoms with Gasteiger partial charge < -0.3 is 36.4 Å². The number of hydrogen-bond acceptors (Lipinski definition) is 9. The molecule has 2 aromatic rings. The van der Waals surface area contributed by atoms with Gasteiger partial charge in [-0.15, -0.1) is 0 Å². The standard InChI is InChI=1S/C32H37NO10/c1-13(2)21-24(36)20(27(33)39)25(37)32(43)26(38)22-23(35)19-16(6-5-7-18(19)34)17(30(22,3)29(42)31(21,32)4)12-14-8-10-15(11-9-14)28(40)41/h5-11,13,17,20-22,24,26,29,34,36,38,42-43H,12H2,1-4H3,(H2,33,39)(H,40,41)/t17-,20-,21+,22-,24?,26?,29-,30+,31+,32+/m1/s1. The number of phenolic OH excluding ortho intramolecular Hbond substituents is 1. The highest BCUT2D eigenvalue weighted by molar-refractivity contribution is 6.09. The number of aromatic carboxylic acids is 1. The van der Waals surface area contributed by atoms with E-state index in [1.54, 1.807) is 39.0 Å². The van der Waals surface area contributed by atoms with Gasteiger partial charge >= 0.3 is 5.97 Å². The number of rotatable bonds is 5. The van der Waals surface area contributed by atoms with Crippen LogP contribution in [0.3, 0.4) is 0 Å². The predicted molar refractivity (Wildman–Crippen MR) is 151 cm³/mol. The molecule has 0 bridgehead atoms. The summed E-state index contributed by atoms with van der Waals surface area (Å²) in [6.07, 6.45) is -5.47. The number of hydrogen-bond donors (Lipinski definition) is 7. The molecular weight excluding hydrogens is 558 g/mol. The number of nitrogens with two attached hydrogens (primary N) is 1. The van der Waals surface area contributed by atoms with Crippen LogP contribution < -0.4 is 5.73 Å². The number of benzene rings is 2. The second kappa shape index (κ2) is 9.95. The Kier molecular flexibility index (Phi) is 7.13. The number of carboxylic acid groups (broad SMARTS) is 1. The Balaban J connectivity index is 1.79. The van der Waals surface area contributed by atoms with Crippen LogP contribution in [0.4, 0.5) is 0 Å². The summed E-state index contributed by atoms with van der Waals surface area (Å²) in [6.45, 7) is 6.32. The molecule has 43 heavy (non-hydrogen) atoms. The van der Waals surface area contributed by atoms with Gasteiger partial charge in [0.25, 0.3) is 0 Å². The number of aliphatic hydroxyl groups is 4. The Morgan fingerprint density at radius 1 is 1.00 bits per heavy atom. The van der Waals surface area contributed by atoms with Crippen LogP contribution in [0.25, 0.3) is 0 Å². The van der Waals surface area contributed by atoms with E-state index in [0.29, 0.717) is 11.1 Å². The third kappa shape index (κ3) is 3.81. The summed E-state index contributed by atoms with van der Waals surface area (Å²) in [5.41, 5.74) is -0.0424. The smallest absolute Gasteiger partial charge is 0.335 e. The first-order chi connectivity index (χ1) is 20.0. The van der Waals surface area contributed by atoms with E-state index in [1.807, 2.05) is 0 Å². The molecule has 0 heterocycles. The van der Waals surface area contributed by atoms with Gasteiger partial charge in [0.1, 0.15) is 17.8 Å². The third-order valence-electron chi connectivity index (χ3n) is 10.8. The average molecular weight is 596 g/mol. The highest BCUT2D eigenvalue weighted by atomic mass is 16.4. The molecule has 3 aliphatic rings. The summed E-state index contributed by atoms with van der Waals surface area (Å²) in [7, 11) is 0. The topological polar surface area (TPSA) is 216 Å². The predicted octanol–water partition coefficient (Wildman–Crippen LogP) is 1.03. The first kappa shape index (κ1) is 30.8. The van der Waals surface area contributed by atoms with E-state index in [1.165, 1.54) is 31.2 Å². The van der Waals surface area contributed by atoms with Gasteiger partial charge in [-0.2, -0.15) is 0 Å². The molecule has 1 amide bonds. The molecule has 0 aliphatic heterocycles. The number of amides is 1. The normalized spacial score (nSPS) is 38.7. The lowest BCUT2D eigenvalue weighted by molar-refractivity contribution is -0.307. The van der Waals surface area contributed by atoms with Crippen molar-refractivity contribution in [2.75, 3.05) is 0 Å². The zero-order chi connectivity index (χ0) is 32.0. The Morgan fingerprint density at radius 3 is 2.14 bits per heavy atom. The maximum Gasteiger partial charge on any atom is 0.335 e. The molecule has 5 rings (SSSR count). The second-order valence-corrected chi connectivity index (χ2v) is 13.1. The lowest BCUT2D eigenvalue weighted by atomic mass is 9.36. The summed E-state index contributed by atoms with van der Waals surface area (Å²) >= 11 is 0. The highest BCUT2D eigenvalue weighted by Crippen LogP contribution is 2.68. The molecule has 2 unspecified atom stereocenters. The number of carboxylic acids is 1. The van der Waals surface area contributed by atoms with Gasteiger partial charge in [-0.1, -0.05) is 52.0 Å². The Hall–Kier alpha value is -3.64. The van der Waals surface area contributed by atoms with Crippen molar-refractivity contribution in [1.82, 2.24) is 0 Å². The van der Waals surface area contributed by atoms with Gasteiger partial charge in [0, 0.05) is 10.8 Å². The molecule has 2 aromatic carbocycles. The van der Waals surface area contributed by atoms with Crippen molar-refractivity contribution in [3.05, 3.63) is 64.7 Å². The number of phenols is 1. The maximum atomic E-state index is 14.2. The minimum absolute atomic E-state index is 0.0499. The quantitative estimate of drug-likeness (QED) is 0.244. The van der Waals surface area contributed by atoms with E-state index < -0.39 is 93.5 Å². The fourth-order valence-electron chi connectivity index (χ4n) is 8.90. The van der Waals surface area contributed by atoms with E-state index in [-0.39, 0.29) is 17.5 Å². The lowest BCUT2D eigenvalue weighted by Gasteiger charge is -2.69. The van der Waals surface area contributed by atoms with Crippen LogP contribution in [-0.4, -0.2) is 78.0 Å². The van der Waals surface area contributed by atoms with Crippen molar-refractivity contribution < 1.29 is 49.8 Å². The molecule has 0 saturated heterocycles. The summed E-state index contributed by atoms with van der Waals surface area (Å²) in [4.78, 5) is 52.0. The molecule has 0 aromatic heterocycles. The lowest BCUT2D eigenvalue weighted by Crippen LogP contribution is -2.83. The minimum Gasteiger partial charge on any atom is -0.507 e. The Morgan fingerprint density at radius 2 is 1.60 bits per heavy atom. The number of Topliss-reactive ketones (excluding diaryl/α,β-unsaturated/α-hetero) is 2. The maximum absolute atomic E-state index is 14.2. The van der Waals surface area contributed by atoms with E-state index in [4.69, 9.17) is 5.73 Å². The van der Waals surface area contributed by atoms with Crippen LogP contribution in [0.1, 0.15) is 65.5 Å². The van der Waals surface area contributed by atoms with Crippen LogP contribution in [0, 0.1) is 34.5 Å². The summed E-state index contributed by atoms with van der Waals surface area (Å²) < 4.78 is 0. The number of ketones is 2. The van der Waals surface area contributed by atoms with Gasteiger partial charge in [0.2, 0.25) is 5.91 Å². The molecule has 0 spiro atoms. The molecule has 8 N–H and O–H groups in total. The third-order valence-corrected chi connectivity index (χ3v) is 10.8. The molecular formula is C32H37NO10. The Labute approximate surface area is 248 Å². The van der Waals surface area contributed by atoms with Gasteiger partial charge in [-0.05, 0) is 53.5 Å².